The maximum Gasteiger partial charge on any atom is 0.237 e. The van der Waals surface area contributed by atoms with Gasteiger partial charge in [-0.05, 0) is 56.3 Å². The molecule has 1 amide bonds. The topological polar surface area (TPSA) is 73.8 Å². The van der Waals surface area contributed by atoms with Crippen molar-refractivity contribution in [2.45, 2.75) is 50.5 Å². The van der Waals surface area contributed by atoms with E-state index in [4.69, 9.17) is 5.73 Å². The van der Waals surface area contributed by atoms with Gasteiger partial charge in [-0.15, -0.1) is 10.2 Å². The number of amides is 1. The van der Waals surface area contributed by atoms with Crippen LogP contribution in [0.25, 0.3) is 11.4 Å². The summed E-state index contributed by atoms with van der Waals surface area (Å²) in [6.45, 7) is 0.161. The first-order chi connectivity index (χ1) is 12.1. The van der Waals surface area contributed by atoms with Crippen LogP contribution in [0.4, 0.5) is 0 Å². The average molecular weight is 336 g/mol. The fourth-order valence-corrected chi connectivity index (χ4v) is 6.19. The van der Waals surface area contributed by atoms with Crippen molar-refractivity contribution in [2.75, 3.05) is 0 Å². The molecular formula is C20H24N4O. The third kappa shape index (κ3) is 2.40. The molecule has 4 aliphatic rings. The molecule has 4 saturated carbocycles. The normalized spacial score (nSPS) is 32.9. The van der Waals surface area contributed by atoms with Crippen LogP contribution in [0, 0.1) is 17.8 Å². The highest BCUT2D eigenvalue weighted by molar-refractivity contribution is 5.74. The summed E-state index contributed by atoms with van der Waals surface area (Å²) in [5.74, 6) is 3.91. The number of nitrogens with two attached hydrogens (primary N) is 1. The Balaban J connectivity index is 1.62. The second kappa shape index (κ2) is 5.41. The Bertz CT molecular complexity index is 775. The third-order valence-electron chi connectivity index (χ3n) is 6.61. The first-order valence-corrected chi connectivity index (χ1v) is 9.40. The van der Waals surface area contributed by atoms with Crippen molar-refractivity contribution in [1.29, 1.82) is 0 Å². The van der Waals surface area contributed by atoms with Gasteiger partial charge in [-0.1, -0.05) is 30.3 Å². The van der Waals surface area contributed by atoms with Crippen LogP contribution in [0.15, 0.2) is 30.3 Å². The molecule has 0 aliphatic heterocycles. The first-order valence-electron chi connectivity index (χ1n) is 9.40. The number of aromatic nitrogens is 3. The molecule has 4 bridgehead atoms. The minimum absolute atomic E-state index is 0.101. The van der Waals surface area contributed by atoms with Crippen LogP contribution in [-0.4, -0.2) is 20.7 Å². The predicted octanol–water partition coefficient (Wildman–Crippen LogP) is 2.90. The van der Waals surface area contributed by atoms with Gasteiger partial charge in [0.2, 0.25) is 5.91 Å². The smallest absolute Gasteiger partial charge is 0.237 e. The number of carbonyl (C=O) groups is 1. The van der Waals surface area contributed by atoms with E-state index in [1.807, 2.05) is 34.9 Å². The standard InChI is InChI=1S/C20H24N4O/c21-17(25)12-24-18(16-4-2-1-3-5-16)22-23-19(24)20-9-13-6-14(10-20)8-15(7-13)11-20/h1-5,13-15H,6-12H2,(H2,21,25). The van der Waals surface area contributed by atoms with Gasteiger partial charge in [0.1, 0.15) is 12.4 Å². The lowest BCUT2D eigenvalue weighted by molar-refractivity contribution is -0.118. The molecular weight excluding hydrogens is 312 g/mol. The van der Waals surface area contributed by atoms with Crippen molar-refractivity contribution < 1.29 is 4.79 Å². The van der Waals surface area contributed by atoms with Crippen molar-refractivity contribution in [3.8, 4) is 11.4 Å². The van der Waals surface area contributed by atoms with E-state index in [0.29, 0.717) is 0 Å². The number of nitrogens with zero attached hydrogens (tertiary/aromatic N) is 3. The van der Waals surface area contributed by atoms with Crippen molar-refractivity contribution in [3.05, 3.63) is 36.2 Å². The highest BCUT2D eigenvalue weighted by atomic mass is 16.1. The molecule has 0 radical (unpaired) electrons. The van der Waals surface area contributed by atoms with Gasteiger partial charge in [0, 0.05) is 11.0 Å². The van der Waals surface area contributed by atoms with Crippen LogP contribution in [0.2, 0.25) is 0 Å². The molecule has 0 unspecified atom stereocenters. The second-order valence-electron chi connectivity index (χ2n) is 8.46. The molecule has 5 nitrogen and oxygen atoms in total. The van der Waals surface area contributed by atoms with Crippen molar-refractivity contribution in [1.82, 2.24) is 14.8 Å². The van der Waals surface area contributed by atoms with Crippen LogP contribution in [-0.2, 0) is 16.8 Å². The molecule has 0 saturated heterocycles. The number of carbonyl (C=O) groups excluding carboxylic acids is 1. The first kappa shape index (κ1) is 15.1. The molecule has 25 heavy (non-hydrogen) atoms. The lowest BCUT2D eigenvalue weighted by Crippen LogP contribution is -2.50. The number of benzene rings is 1. The van der Waals surface area contributed by atoms with Gasteiger partial charge in [-0.3, -0.25) is 4.79 Å². The summed E-state index contributed by atoms with van der Waals surface area (Å²) in [7, 11) is 0. The number of hydrogen-bond donors (Lipinski definition) is 1. The van der Waals surface area contributed by atoms with E-state index in [1.54, 1.807) is 0 Å². The molecule has 2 N–H and O–H groups in total. The van der Waals surface area contributed by atoms with Gasteiger partial charge in [0.15, 0.2) is 5.82 Å². The Morgan fingerprint density at radius 1 is 1.04 bits per heavy atom. The van der Waals surface area contributed by atoms with Gasteiger partial charge in [0.25, 0.3) is 0 Å². The lowest BCUT2D eigenvalue weighted by Gasteiger charge is -2.56. The van der Waals surface area contributed by atoms with E-state index < -0.39 is 0 Å². The quantitative estimate of drug-likeness (QED) is 0.933. The molecule has 2 aromatic rings. The number of rotatable bonds is 4. The zero-order valence-corrected chi connectivity index (χ0v) is 14.4. The predicted molar refractivity (Wildman–Crippen MR) is 94.5 cm³/mol. The van der Waals surface area contributed by atoms with Gasteiger partial charge in [-0.2, -0.15) is 0 Å². The van der Waals surface area contributed by atoms with Crippen LogP contribution < -0.4 is 5.73 Å². The molecule has 1 heterocycles. The lowest BCUT2D eigenvalue weighted by atomic mass is 9.49. The van der Waals surface area contributed by atoms with Crippen molar-refractivity contribution >= 4 is 5.91 Å². The second-order valence-corrected chi connectivity index (χ2v) is 8.46. The minimum atomic E-state index is -0.331. The summed E-state index contributed by atoms with van der Waals surface area (Å²) in [4.78, 5) is 11.8. The van der Waals surface area contributed by atoms with Gasteiger partial charge < -0.3 is 10.3 Å². The highest BCUT2D eigenvalue weighted by Crippen LogP contribution is 2.60. The summed E-state index contributed by atoms with van der Waals surface area (Å²) in [5.41, 5.74) is 6.67. The largest absolute Gasteiger partial charge is 0.368 e. The maximum absolute atomic E-state index is 11.8. The molecule has 4 fully saturated rings. The van der Waals surface area contributed by atoms with Crippen LogP contribution >= 0.6 is 0 Å². The van der Waals surface area contributed by atoms with Gasteiger partial charge in [-0.25, -0.2) is 0 Å². The van der Waals surface area contributed by atoms with E-state index in [2.05, 4.69) is 10.2 Å². The summed E-state index contributed by atoms with van der Waals surface area (Å²) in [6, 6.07) is 10.0. The van der Waals surface area contributed by atoms with E-state index in [0.717, 1.165) is 35.0 Å². The zero-order valence-electron chi connectivity index (χ0n) is 14.4. The third-order valence-corrected chi connectivity index (χ3v) is 6.61. The molecule has 5 heteroatoms. The van der Waals surface area contributed by atoms with E-state index >= 15 is 0 Å². The zero-order chi connectivity index (χ0) is 17.0. The van der Waals surface area contributed by atoms with E-state index in [1.165, 1.54) is 38.5 Å². The molecule has 6 rings (SSSR count). The van der Waals surface area contributed by atoms with E-state index in [9.17, 15) is 4.79 Å². The minimum Gasteiger partial charge on any atom is -0.368 e. The summed E-state index contributed by atoms with van der Waals surface area (Å²) in [5, 5.41) is 9.14. The Hall–Kier alpha value is -2.17. The Kier molecular flexibility index (Phi) is 3.27. The van der Waals surface area contributed by atoms with Gasteiger partial charge >= 0.3 is 0 Å². The Labute approximate surface area is 147 Å². The van der Waals surface area contributed by atoms with E-state index in [-0.39, 0.29) is 17.9 Å². The molecule has 130 valence electrons. The number of hydrogen-bond acceptors (Lipinski definition) is 3. The fraction of sp³-hybridized carbons (Fsp3) is 0.550. The summed E-state index contributed by atoms with van der Waals surface area (Å²) < 4.78 is 2.00. The number of primary amides is 1. The van der Waals surface area contributed by atoms with Crippen molar-refractivity contribution in [2.24, 2.45) is 23.5 Å². The SMILES string of the molecule is NC(=O)Cn1c(-c2ccccc2)nnc1C12CC3CC(CC(C3)C1)C2. The van der Waals surface area contributed by atoms with Crippen molar-refractivity contribution in [3.63, 3.8) is 0 Å². The highest BCUT2D eigenvalue weighted by Gasteiger charge is 2.54. The molecule has 1 aromatic heterocycles. The molecule has 0 spiro atoms. The molecule has 1 aromatic carbocycles. The monoisotopic (exact) mass is 336 g/mol. The summed E-state index contributed by atoms with van der Waals surface area (Å²) >= 11 is 0. The Morgan fingerprint density at radius 2 is 1.64 bits per heavy atom. The molecule has 0 atom stereocenters. The van der Waals surface area contributed by atoms with Crippen LogP contribution in [0.5, 0.6) is 0 Å². The summed E-state index contributed by atoms with van der Waals surface area (Å²) in [6.07, 6.45) is 7.75. The molecule has 4 aliphatic carbocycles. The average Bonchev–Trinajstić information content (AvgIpc) is 2.98. The maximum atomic E-state index is 11.8. The fourth-order valence-electron chi connectivity index (χ4n) is 6.19. The van der Waals surface area contributed by atoms with Crippen LogP contribution in [0.1, 0.15) is 44.3 Å². The van der Waals surface area contributed by atoms with Gasteiger partial charge in [0.05, 0.1) is 0 Å². The Morgan fingerprint density at radius 3 is 2.20 bits per heavy atom. The van der Waals surface area contributed by atoms with Crippen LogP contribution in [0.3, 0.4) is 0 Å².